The second kappa shape index (κ2) is 9.65. The van der Waals surface area contributed by atoms with E-state index in [1.807, 2.05) is 83.0 Å². The average molecular weight is 392 g/mol. The second-order valence-corrected chi connectivity index (χ2v) is 7.76. The molecule has 156 valence electrons. The highest BCUT2D eigenvalue weighted by molar-refractivity contribution is 5.92. The lowest BCUT2D eigenvalue weighted by atomic mass is 9.97. The van der Waals surface area contributed by atoms with Crippen molar-refractivity contribution >= 4 is 5.97 Å². The van der Waals surface area contributed by atoms with Crippen LogP contribution >= 0.6 is 0 Å². The molecule has 1 aromatic rings. The molecule has 0 amide bonds. The standard InChI is InChI=1S/C22H33NO5/c1-7-25-19(26-8-2)16-28-23-21(3,4)14-18(22(23,5)6)20(24)27-15-17-12-10-9-11-13-17/h9-14,19H,7-8,15-16H2,1-6H3. The summed E-state index contributed by atoms with van der Waals surface area (Å²) >= 11 is 0. The van der Waals surface area contributed by atoms with Crippen LogP contribution in [0.15, 0.2) is 42.0 Å². The molecule has 0 atom stereocenters. The molecule has 6 heteroatoms. The van der Waals surface area contributed by atoms with Gasteiger partial charge in [-0.2, -0.15) is 5.06 Å². The Morgan fingerprint density at radius 1 is 1.04 bits per heavy atom. The predicted octanol–water partition coefficient (Wildman–Crippen LogP) is 3.86. The first-order chi connectivity index (χ1) is 13.2. The number of hydroxylamine groups is 2. The molecule has 0 saturated heterocycles. The molecule has 0 fully saturated rings. The molecule has 1 aliphatic rings. The Morgan fingerprint density at radius 3 is 2.21 bits per heavy atom. The normalized spacial score (nSPS) is 18.3. The lowest BCUT2D eigenvalue weighted by Gasteiger charge is -2.40. The third-order valence-corrected chi connectivity index (χ3v) is 4.67. The van der Waals surface area contributed by atoms with Crippen LogP contribution in [0.1, 0.15) is 47.1 Å². The summed E-state index contributed by atoms with van der Waals surface area (Å²) in [4.78, 5) is 18.9. The third kappa shape index (κ3) is 5.41. The zero-order chi connectivity index (χ0) is 20.8. The molecular formula is C22H33NO5. The predicted molar refractivity (Wildman–Crippen MR) is 107 cm³/mol. The van der Waals surface area contributed by atoms with Crippen molar-refractivity contribution < 1.29 is 23.8 Å². The largest absolute Gasteiger partial charge is 0.457 e. The number of carbonyl (C=O) groups is 1. The van der Waals surface area contributed by atoms with Gasteiger partial charge in [-0.25, -0.2) is 4.79 Å². The number of carbonyl (C=O) groups excluding carboxylic acids is 1. The number of hydrogen-bond acceptors (Lipinski definition) is 6. The van der Waals surface area contributed by atoms with E-state index in [1.54, 1.807) is 0 Å². The van der Waals surface area contributed by atoms with Gasteiger partial charge < -0.3 is 14.2 Å². The van der Waals surface area contributed by atoms with Crippen LogP contribution in [-0.2, 0) is 30.4 Å². The van der Waals surface area contributed by atoms with Gasteiger partial charge in [-0.05, 0) is 47.1 Å². The van der Waals surface area contributed by atoms with E-state index in [4.69, 9.17) is 19.0 Å². The Morgan fingerprint density at radius 2 is 1.64 bits per heavy atom. The van der Waals surface area contributed by atoms with Crippen LogP contribution < -0.4 is 0 Å². The summed E-state index contributed by atoms with van der Waals surface area (Å²) in [6, 6.07) is 9.65. The molecule has 6 nitrogen and oxygen atoms in total. The van der Waals surface area contributed by atoms with Crippen LogP contribution in [0, 0.1) is 0 Å². The molecular weight excluding hydrogens is 358 g/mol. The van der Waals surface area contributed by atoms with E-state index in [9.17, 15) is 4.79 Å². The van der Waals surface area contributed by atoms with E-state index in [0.717, 1.165) is 5.56 Å². The van der Waals surface area contributed by atoms with Crippen LogP contribution in [0.5, 0.6) is 0 Å². The van der Waals surface area contributed by atoms with Gasteiger partial charge in [0.05, 0.1) is 16.7 Å². The SMILES string of the molecule is CCOC(CON1C(C)(C)C=C(C(=O)OCc2ccccc2)C1(C)C)OCC. The van der Waals surface area contributed by atoms with Gasteiger partial charge in [0.25, 0.3) is 0 Å². The van der Waals surface area contributed by atoms with Crippen molar-refractivity contribution in [3.63, 3.8) is 0 Å². The number of rotatable bonds is 10. The van der Waals surface area contributed by atoms with E-state index >= 15 is 0 Å². The van der Waals surface area contributed by atoms with E-state index in [2.05, 4.69) is 0 Å². The molecule has 0 saturated carbocycles. The second-order valence-electron chi connectivity index (χ2n) is 7.76. The van der Waals surface area contributed by atoms with Crippen molar-refractivity contribution in [2.45, 2.75) is 65.5 Å². The average Bonchev–Trinajstić information content (AvgIpc) is 2.83. The summed E-state index contributed by atoms with van der Waals surface area (Å²) in [5.74, 6) is -0.334. The number of nitrogens with zero attached hydrogens (tertiary/aromatic N) is 1. The van der Waals surface area contributed by atoms with Crippen LogP contribution in [-0.4, -0.2) is 48.2 Å². The Hall–Kier alpha value is -1.73. The van der Waals surface area contributed by atoms with Gasteiger partial charge in [-0.15, -0.1) is 0 Å². The van der Waals surface area contributed by atoms with E-state index < -0.39 is 17.4 Å². The highest BCUT2D eigenvalue weighted by Gasteiger charge is 2.50. The quantitative estimate of drug-likeness (QED) is 0.446. The minimum absolute atomic E-state index is 0.241. The fourth-order valence-electron chi connectivity index (χ4n) is 3.51. The number of ether oxygens (including phenoxy) is 3. The molecule has 1 heterocycles. The van der Waals surface area contributed by atoms with Crippen molar-refractivity contribution in [3.05, 3.63) is 47.5 Å². The molecule has 0 aliphatic carbocycles. The van der Waals surface area contributed by atoms with E-state index in [-0.39, 0.29) is 19.2 Å². The number of hydrogen-bond donors (Lipinski definition) is 0. The Kier molecular flexibility index (Phi) is 7.78. The van der Waals surface area contributed by atoms with Crippen LogP contribution in [0.2, 0.25) is 0 Å². The molecule has 1 aliphatic heterocycles. The molecule has 0 radical (unpaired) electrons. The van der Waals surface area contributed by atoms with Gasteiger partial charge in [-0.1, -0.05) is 36.4 Å². The lowest BCUT2D eigenvalue weighted by molar-refractivity contribution is -0.279. The Bertz CT molecular complexity index is 663. The fraction of sp³-hybridized carbons (Fsp3) is 0.591. The maximum Gasteiger partial charge on any atom is 0.336 e. The molecule has 1 aromatic carbocycles. The smallest absolute Gasteiger partial charge is 0.336 e. The summed E-state index contributed by atoms with van der Waals surface area (Å²) in [6.07, 6.45) is 1.46. The molecule has 2 rings (SSSR count). The molecule has 0 bridgehead atoms. The van der Waals surface area contributed by atoms with Gasteiger partial charge in [0.2, 0.25) is 0 Å². The Labute approximate surface area is 168 Å². The topological polar surface area (TPSA) is 57.2 Å². The van der Waals surface area contributed by atoms with Gasteiger partial charge in [0, 0.05) is 13.2 Å². The lowest BCUT2D eigenvalue weighted by Crippen LogP contribution is -2.51. The zero-order valence-corrected chi connectivity index (χ0v) is 17.9. The molecule has 0 spiro atoms. The van der Waals surface area contributed by atoms with Gasteiger partial charge >= 0.3 is 5.97 Å². The van der Waals surface area contributed by atoms with Crippen LogP contribution in [0.4, 0.5) is 0 Å². The monoisotopic (exact) mass is 391 g/mol. The fourth-order valence-corrected chi connectivity index (χ4v) is 3.51. The summed E-state index contributed by atoms with van der Waals surface area (Å²) in [5, 5.41) is 1.82. The third-order valence-electron chi connectivity index (χ3n) is 4.67. The van der Waals surface area contributed by atoms with Crippen molar-refractivity contribution in [2.75, 3.05) is 19.8 Å². The zero-order valence-electron chi connectivity index (χ0n) is 17.9. The molecule has 0 N–H and O–H groups in total. The van der Waals surface area contributed by atoms with Crippen molar-refractivity contribution in [2.24, 2.45) is 0 Å². The highest BCUT2D eigenvalue weighted by atomic mass is 16.7. The number of esters is 1. The highest BCUT2D eigenvalue weighted by Crippen LogP contribution is 2.40. The van der Waals surface area contributed by atoms with Gasteiger partial charge in [-0.3, -0.25) is 4.84 Å². The maximum absolute atomic E-state index is 12.8. The first-order valence-corrected chi connectivity index (χ1v) is 9.83. The van der Waals surface area contributed by atoms with E-state index in [1.165, 1.54) is 0 Å². The van der Waals surface area contributed by atoms with Crippen LogP contribution in [0.25, 0.3) is 0 Å². The molecule has 0 unspecified atom stereocenters. The minimum Gasteiger partial charge on any atom is -0.457 e. The Balaban J connectivity index is 2.05. The van der Waals surface area contributed by atoms with Gasteiger partial charge in [0.15, 0.2) is 6.29 Å². The summed E-state index contributed by atoms with van der Waals surface area (Å²) in [6.45, 7) is 13.3. The minimum atomic E-state index is -0.653. The van der Waals surface area contributed by atoms with Crippen molar-refractivity contribution in [1.29, 1.82) is 0 Å². The van der Waals surface area contributed by atoms with Crippen molar-refractivity contribution in [1.82, 2.24) is 5.06 Å². The van der Waals surface area contributed by atoms with E-state index in [0.29, 0.717) is 18.8 Å². The first kappa shape index (κ1) is 22.6. The summed E-state index contributed by atoms with van der Waals surface area (Å²) in [5.41, 5.74) is 0.405. The number of benzene rings is 1. The van der Waals surface area contributed by atoms with Crippen LogP contribution in [0.3, 0.4) is 0 Å². The first-order valence-electron chi connectivity index (χ1n) is 9.83. The summed E-state index contributed by atoms with van der Waals surface area (Å²) in [7, 11) is 0. The maximum atomic E-state index is 12.8. The van der Waals surface area contributed by atoms with Crippen molar-refractivity contribution in [3.8, 4) is 0 Å². The molecule has 28 heavy (non-hydrogen) atoms. The summed E-state index contributed by atoms with van der Waals surface area (Å²) < 4.78 is 16.7. The molecule has 0 aromatic heterocycles. The van der Waals surface area contributed by atoms with Gasteiger partial charge in [0.1, 0.15) is 13.2 Å².